The van der Waals surface area contributed by atoms with Crippen LogP contribution in [-0.4, -0.2) is 61.1 Å². The topological polar surface area (TPSA) is 85.3 Å². The van der Waals surface area contributed by atoms with Crippen LogP contribution in [0.25, 0.3) is 0 Å². The molecule has 0 aliphatic rings. The first-order chi connectivity index (χ1) is 12.9. The van der Waals surface area contributed by atoms with Gasteiger partial charge in [0.25, 0.3) is 0 Å². The van der Waals surface area contributed by atoms with Crippen molar-refractivity contribution in [3.8, 4) is 5.75 Å². The number of ether oxygens (including phenoxy) is 3. The molecule has 7 nitrogen and oxygen atoms in total. The molecule has 0 aliphatic carbocycles. The van der Waals surface area contributed by atoms with Gasteiger partial charge in [-0.1, -0.05) is 26.0 Å². The molecule has 1 amide bonds. The maximum atomic E-state index is 12.0. The Morgan fingerprint density at radius 3 is 2.30 bits per heavy atom. The molecule has 0 aromatic heterocycles. The minimum Gasteiger partial charge on any atom is -0.492 e. The molecule has 0 saturated carbocycles. The zero-order valence-corrected chi connectivity index (χ0v) is 16.6. The molecule has 0 fully saturated rings. The normalized spacial score (nSPS) is 11.9. The first kappa shape index (κ1) is 22.8. The fourth-order valence-corrected chi connectivity index (χ4v) is 2.54. The zero-order chi connectivity index (χ0) is 20.2. The number of carboxylic acid groups (broad SMARTS) is 1. The van der Waals surface area contributed by atoms with Gasteiger partial charge in [0.05, 0.1) is 13.2 Å². The first-order valence-electron chi connectivity index (χ1n) is 9.35. The number of amides is 1. The van der Waals surface area contributed by atoms with Gasteiger partial charge in [-0.3, -0.25) is 0 Å². The first-order valence-corrected chi connectivity index (χ1v) is 9.35. The molecule has 27 heavy (non-hydrogen) atoms. The van der Waals surface area contributed by atoms with Crippen LogP contribution in [0.2, 0.25) is 0 Å². The van der Waals surface area contributed by atoms with Crippen LogP contribution >= 0.6 is 0 Å². The van der Waals surface area contributed by atoms with Crippen molar-refractivity contribution in [3.63, 3.8) is 0 Å². The molecule has 1 aromatic carbocycles. The Morgan fingerprint density at radius 2 is 1.78 bits per heavy atom. The van der Waals surface area contributed by atoms with Crippen molar-refractivity contribution in [2.24, 2.45) is 5.92 Å². The van der Waals surface area contributed by atoms with Crippen molar-refractivity contribution in [1.29, 1.82) is 0 Å². The lowest BCUT2D eigenvalue weighted by Crippen LogP contribution is -2.37. The lowest BCUT2D eigenvalue weighted by atomic mass is 10.1. The van der Waals surface area contributed by atoms with Crippen molar-refractivity contribution < 1.29 is 28.9 Å². The van der Waals surface area contributed by atoms with Crippen molar-refractivity contribution in [2.75, 3.05) is 32.9 Å². The minimum absolute atomic E-state index is 0.300. The number of carbonyl (C=O) groups excluding carboxylic acids is 1. The number of benzene rings is 1. The van der Waals surface area contributed by atoms with E-state index in [2.05, 4.69) is 0 Å². The van der Waals surface area contributed by atoms with Gasteiger partial charge < -0.3 is 24.2 Å². The average molecular weight is 381 g/mol. The Labute approximate surface area is 161 Å². The maximum Gasteiger partial charge on any atom is 0.409 e. The predicted octanol–water partition coefficient (Wildman–Crippen LogP) is 3.21. The highest BCUT2D eigenvalue weighted by atomic mass is 16.6. The summed E-state index contributed by atoms with van der Waals surface area (Å²) in [5.41, 5.74) is 0.858. The Kier molecular flexibility index (Phi) is 10.3. The third-order valence-electron chi connectivity index (χ3n) is 3.73. The molecule has 1 rings (SSSR count). The molecule has 0 aliphatic heterocycles. The summed E-state index contributed by atoms with van der Waals surface area (Å²) < 4.78 is 16.0. The average Bonchev–Trinajstić information content (AvgIpc) is 2.61. The number of aliphatic carboxylic acids is 1. The Bertz CT molecular complexity index is 572. The van der Waals surface area contributed by atoms with E-state index in [0.717, 1.165) is 5.56 Å². The second-order valence-electron chi connectivity index (χ2n) is 6.52. The van der Waals surface area contributed by atoms with Gasteiger partial charge >= 0.3 is 12.1 Å². The van der Waals surface area contributed by atoms with Crippen LogP contribution in [0.4, 0.5) is 4.79 Å². The van der Waals surface area contributed by atoms with Gasteiger partial charge in [0.1, 0.15) is 12.4 Å². The number of carbonyl (C=O) groups is 2. The molecule has 1 unspecified atom stereocenters. The Hall–Kier alpha value is -2.28. The van der Waals surface area contributed by atoms with Crippen LogP contribution in [0, 0.1) is 5.92 Å². The van der Waals surface area contributed by atoms with E-state index in [4.69, 9.17) is 19.3 Å². The third-order valence-corrected chi connectivity index (χ3v) is 3.73. The highest BCUT2D eigenvalue weighted by Gasteiger charge is 2.18. The van der Waals surface area contributed by atoms with Crippen LogP contribution < -0.4 is 4.74 Å². The molecule has 1 aromatic rings. The lowest BCUT2D eigenvalue weighted by Gasteiger charge is -2.23. The smallest absolute Gasteiger partial charge is 0.409 e. The molecule has 0 bridgehead atoms. The largest absolute Gasteiger partial charge is 0.492 e. The second-order valence-corrected chi connectivity index (χ2v) is 6.52. The van der Waals surface area contributed by atoms with E-state index in [9.17, 15) is 9.59 Å². The molecule has 1 N–H and O–H groups in total. The minimum atomic E-state index is -0.971. The van der Waals surface area contributed by atoms with Gasteiger partial charge in [-0.25, -0.2) is 9.59 Å². The van der Waals surface area contributed by atoms with E-state index in [1.54, 1.807) is 30.9 Å². The summed E-state index contributed by atoms with van der Waals surface area (Å²) in [6.45, 7) is 9.72. The molecule has 7 heteroatoms. The molecule has 0 radical (unpaired) electrons. The van der Waals surface area contributed by atoms with Crippen molar-refractivity contribution in [2.45, 2.75) is 40.2 Å². The third kappa shape index (κ3) is 8.77. The molecule has 152 valence electrons. The fourth-order valence-electron chi connectivity index (χ4n) is 2.54. The van der Waals surface area contributed by atoms with Gasteiger partial charge in [0.15, 0.2) is 6.10 Å². The van der Waals surface area contributed by atoms with Gasteiger partial charge in [-0.15, -0.1) is 0 Å². The predicted molar refractivity (Wildman–Crippen MR) is 102 cm³/mol. The summed E-state index contributed by atoms with van der Waals surface area (Å²) in [5, 5.41) is 9.14. The Morgan fingerprint density at radius 1 is 1.11 bits per heavy atom. The number of nitrogens with zero attached hydrogens (tertiary/aromatic N) is 1. The SMILES string of the molecule is CCOC(=O)N(CCOc1ccc(CC(OCC)C(=O)O)cc1)CC(C)C. The van der Waals surface area contributed by atoms with Crippen LogP contribution in [0.3, 0.4) is 0 Å². The zero-order valence-electron chi connectivity index (χ0n) is 16.6. The van der Waals surface area contributed by atoms with E-state index in [0.29, 0.717) is 51.0 Å². The number of hydrogen-bond donors (Lipinski definition) is 1. The van der Waals surface area contributed by atoms with Gasteiger partial charge in [-0.2, -0.15) is 0 Å². The van der Waals surface area contributed by atoms with E-state index >= 15 is 0 Å². The summed E-state index contributed by atoms with van der Waals surface area (Å²) in [7, 11) is 0. The summed E-state index contributed by atoms with van der Waals surface area (Å²) >= 11 is 0. The van der Waals surface area contributed by atoms with Crippen molar-refractivity contribution in [1.82, 2.24) is 4.90 Å². The number of carboxylic acids is 1. The van der Waals surface area contributed by atoms with Crippen molar-refractivity contribution in [3.05, 3.63) is 29.8 Å². The van der Waals surface area contributed by atoms with Crippen LogP contribution in [0.15, 0.2) is 24.3 Å². The fraction of sp³-hybridized carbons (Fsp3) is 0.600. The number of hydrogen-bond acceptors (Lipinski definition) is 5. The van der Waals surface area contributed by atoms with Gasteiger partial charge in [-0.05, 0) is 37.5 Å². The van der Waals surface area contributed by atoms with E-state index in [1.807, 2.05) is 26.0 Å². The molecule has 1 atom stereocenters. The standard InChI is InChI=1S/C20H31NO6/c1-5-25-18(19(22)23)13-16-7-9-17(10-8-16)27-12-11-21(14-15(3)4)20(24)26-6-2/h7-10,15,18H,5-6,11-14H2,1-4H3,(H,22,23). The molecular weight excluding hydrogens is 350 g/mol. The molecular formula is C20H31NO6. The maximum absolute atomic E-state index is 12.0. The monoisotopic (exact) mass is 381 g/mol. The summed E-state index contributed by atoms with van der Waals surface area (Å²) in [4.78, 5) is 24.8. The molecule has 0 saturated heterocycles. The van der Waals surface area contributed by atoms with E-state index in [1.165, 1.54) is 0 Å². The quantitative estimate of drug-likeness (QED) is 0.598. The van der Waals surface area contributed by atoms with E-state index in [-0.39, 0.29) is 6.09 Å². The van der Waals surface area contributed by atoms with Gasteiger partial charge in [0.2, 0.25) is 0 Å². The van der Waals surface area contributed by atoms with E-state index < -0.39 is 12.1 Å². The summed E-state index contributed by atoms with van der Waals surface area (Å²) in [6.07, 6.45) is -0.884. The van der Waals surface area contributed by atoms with Gasteiger partial charge in [0, 0.05) is 19.6 Å². The van der Waals surface area contributed by atoms with Crippen LogP contribution in [0.1, 0.15) is 33.3 Å². The molecule has 0 heterocycles. The molecule has 0 spiro atoms. The Balaban J connectivity index is 2.54. The lowest BCUT2D eigenvalue weighted by molar-refractivity contribution is -0.149. The summed E-state index contributed by atoms with van der Waals surface area (Å²) in [5.74, 6) is 0.0259. The highest BCUT2D eigenvalue weighted by molar-refractivity contribution is 5.72. The number of rotatable bonds is 12. The summed E-state index contributed by atoms with van der Waals surface area (Å²) in [6, 6.07) is 7.22. The second kappa shape index (κ2) is 12.2. The van der Waals surface area contributed by atoms with Crippen LogP contribution in [0.5, 0.6) is 5.75 Å². The van der Waals surface area contributed by atoms with Crippen molar-refractivity contribution >= 4 is 12.1 Å². The van der Waals surface area contributed by atoms with Crippen LogP contribution in [-0.2, 0) is 20.7 Å². The highest BCUT2D eigenvalue weighted by Crippen LogP contribution is 2.15.